The number of nitrogens with zero attached hydrogens (tertiary/aromatic N) is 3. The maximum Gasteiger partial charge on any atom is 0.293 e. The Hall–Kier alpha value is -3.24. The van der Waals surface area contributed by atoms with E-state index in [1.54, 1.807) is 31.6 Å². The van der Waals surface area contributed by atoms with E-state index >= 15 is 0 Å². The summed E-state index contributed by atoms with van der Waals surface area (Å²) in [4.78, 5) is 10.8. The third-order valence-electron chi connectivity index (χ3n) is 4.35. The Morgan fingerprint density at radius 3 is 2.42 bits per heavy atom. The number of hydrogen-bond acceptors (Lipinski definition) is 6. The van der Waals surface area contributed by atoms with Gasteiger partial charge < -0.3 is 5.32 Å². The normalized spacial score (nSPS) is 12.0. The molecule has 9 nitrogen and oxygen atoms in total. The van der Waals surface area contributed by atoms with Gasteiger partial charge in [-0.3, -0.25) is 10.1 Å². The van der Waals surface area contributed by atoms with E-state index in [0.717, 1.165) is 17.3 Å². The molecule has 0 aliphatic rings. The highest BCUT2D eigenvalue weighted by molar-refractivity contribution is 7.89. The van der Waals surface area contributed by atoms with Gasteiger partial charge in [-0.1, -0.05) is 12.1 Å². The largest absolute Gasteiger partial charge is 0.379 e. The third-order valence-corrected chi connectivity index (χ3v) is 6.11. The molecule has 0 atom stereocenters. The molecule has 0 aliphatic carbocycles. The van der Waals surface area contributed by atoms with Gasteiger partial charge in [0.1, 0.15) is 5.69 Å². The molecule has 3 rings (SSSR count). The van der Waals surface area contributed by atoms with Gasteiger partial charge in [-0.25, -0.2) is 17.8 Å². The minimum atomic E-state index is -3.87. The molecule has 1 heterocycles. The van der Waals surface area contributed by atoms with Gasteiger partial charge in [-0.15, -0.1) is 0 Å². The Balaban J connectivity index is 1.69. The van der Waals surface area contributed by atoms with Gasteiger partial charge in [0.05, 0.1) is 15.5 Å². The van der Waals surface area contributed by atoms with Crippen molar-refractivity contribution >= 4 is 21.4 Å². The van der Waals surface area contributed by atoms with E-state index in [1.165, 1.54) is 12.1 Å². The van der Waals surface area contributed by atoms with Crippen molar-refractivity contribution < 1.29 is 13.3 Å². The van der Waals surface area contributed by atoms with Crippen LogP contribution in [0.2, 0.25) is 0 Å². The molecule has 3 aromatic rings. The second-order valence-electron chi connectivity index (χ2n) is 8.09. The Bertz CT molecular complexity index is 1150. The first-order valence-corrected chi connectivity index (χ1v) is 11.2. The first-order chi connectivity index (χ1) is 14.5. The monoisotopic (exact) mass is 443 g/mol. The first kappa shape index (κ1) is 22.4. The van der Waals surface area contributed by atoms with Crippen molar-refractivity contribution in [2.24, 2.45) is 0 Å². The second-order valence-corrected chi connectivity index (χ2v) is 9.77. The van der Waals surface area contributed by atoms with Crippen LogP contribution >= 0.6 is 0 Å². The zero-order valence-electron chi connectivity index (χ0n) is 17.6. The van der Waals surface area contributed by atoms with Gasteiger partial charge in [0.15, 0.2) is 0 Å². The van der Waals surface area contributed by atoms with E-state index in [1.807, 2.05) is 36.5 Å². The summed E-state index contributed by atoms with van der Waals surface area (Å²) in [6.45, 7) is 5.57. The lowest BCUT2D eigenvalue weighted by Crippen LogP contribution is -2.40. The Morgan fingerprint density at radius 1 is 1.13 bits per heavy atom. The lowest BCUT2D eigenvalue weighted by atomic mass is 10.1. The number of rotatable bonds is 8. The molecular weight excluding hydrogens is 418 g/mol. The van der Waals surface area contributed by atoms with Crippen molar-refractivity contribution in [3.63, 3.8) is 0 Å². The number of aromatic nitrogens is 2. The summed E-state index contributed by atoms with van der Waals surface area (Å²) in [6, 6.07) is 13.6. The molecule has 2 aromatic carbocycles. The van der Waals surface area contributed by atoms with Crippen LogP contribution in [0, 0.1) is 10.1 Å². The van der Waals surface area contributed by atoms with Crippen molar-refractivity contribution in [2.45, 2.75) is 37.6 Å². The number of hydrogen-bond donors (Lipinski definition) is 2. The molecule has 10 heteroatoms. The highest BCUT2D eigenvalue weighted by Crippen LogP contribution is 2.28. The van der Waals surface area contributed by atoms with E-state index in [0.29, 0.717) is 13.0 Å². The first-order valence-electron chi connectivity index (χ1n) is 9.70. The van der Waals surface area contributed by atoms with Crippen molar-refractivity contribution in [3.8, 4) is 5.69 Å². The lowest BCUT2D eigenvalue weighted by Gasteiger charge is -2.20. The van der Waals surface area contributed by atoms with Gasteiger partial charge in [0.2, 0.25) is 10.0 Å². The predicted octanol–water partition coefficient (Wildman–Crippen LogP) is 3.51. The van der Waals surface area contributed by atoms with Crippen LogP contribution in [0.15, 0.2) is 65.8 Å². The molecule has 0 spiro atoms. The fourth-order valence-electron chi connectivity index (χ4n) is 3.02. The summed E-state index contributed by atoms with van der Waals surface area (Å²) < 4.78 is 29.2. The topological polar surface area (TPSA) is 119 Å². The van der Waals surface area contributed by atoms with Gasteiger partial charge in [-0.05, 0) is 63.1 Å². The molecule has 1 aromatic heterocycles. The molecule has 0 fully saturated rings. The minimum absolute atomic E-state index is 0.145. The minimum Gasteiger partial charge on any atom is -0.379 e. The maximum atomic E-state index is 12.5. The van der Waals surface area contributed by atoms with Crippen LogP contribution in [0.5, 0.6) is 0 Å². The Kier molecular flexibility index (Phi) is 6.42. The van der Waals surface area contributed by atoms with Gasteiger partial charge >= 0.3 is 0 Å². The summed E-state index contributed by atoms with van der Waals surface area (Å²) >= 11 is 0. The zero-order chi connectivity index (χ0) is 22.6. The van der Waals surface area contributed by atoms with E-state index in [4.69, 9.17) is 0 Å². The number of nitro benzene ring substituents is 1. The molecule has 0 unspecified atom stereocenters. The molecule has 0 bridgehead atoms. The molecule has 0 radical (unpaired) electrons. The van der Waals surface area contributed by atoms with E-state index in [9.17, 15) is 18.5 Å². The number of benzene rings is 2. The van der Waals surface area contributed by atoms with E-state index in [2.05, 4.69) is 15.1 Å². The molecule has 2 N–H and O–H groups in total. The van der Waals surface area contributed by atoms with Crippen LogP contribution in [-0.2, 0) is 16.4 Å². The van der Waals surface area contributed by atoms with Crippen LogP contribution < -0.4 is 10.0 Å². The molecule has 0 saturated carbocycles. The average molecular weight is 444 g/mol. The summed E-state index contributed by atoms with van der Waals surface area (Å²) in [5, 5.41) is 18.7. The second kappa shape index (κ2) is 8.86. The summed E-state index contributed by atoms with van der Waals surface area (Å²) in [5.74, 6) is 0. The molecular formula is C21H25N5O4S. The fourth-order valence-corrected chi connectivity index (χ4v) is 4.46. The number of nitrogens with one attached hydrogen (secondary N) is 2. The molecule has 0 aliphatic heterocycles. The predicted molar refractivity (Wildman–Crippen MR) is 119 cm³/mol. The zero-order valence-corrected chi connectivity index (χ0v) is 18.4. The Morgan fingerprint density at radius 2 is 1.84 bits per heavy atom. The molecule has 164 valence electrons. The highest BCUT2D eigenvalue weighted by Gasteiger charge is 2.25. The van der Waals surface area contributed by atoms with E-state index < -0.39 is 20.5 Å². The lowest BCUT2D eigenvalue weighted by molar-refractivity contribution is -0.384. The smallest absolute Gasteiger partial charge is 0.293 e. The fraction of sp³-hybridized carbons (Fsp3) is 0.286. The number of sulfonamides is 1. The van der Waals surface area contributed by atoms with Crippen LogP contribution in [0.3, 0.4) is 0 Å². The average Bonchev–Trinajstić information content (AvgIpc) is 3.21. The molecule has 0 amide bonds. The van der Waals surface area contributed by atoms with Crippen LogP contribution in [0.1, 0.15) is 26.3 Å². The summed E-state index contributed by atoms with van der Waals surface area (Å²) in [5.41, 5.74) is 1.29. The SMILES string of the molecule is CC(C)(C)NS(=O)(=O)c1ccc(NCCc2ccc(-n3cccn3)cc2)c([N+](=O)[O-])c1. The van der Waals surface area contributed by atoms with Crippen molar-refractivity contribution in [2.75, 3.05) is 11.9 Å². The van der Waals surface area contributed by atoms with Gasteiger partial charge in [0.25, 0.3) is 5.69 Å². The molecule has 31 heavy (non-hydrogen) atoms. The molecule has 0 saturated heterocycles. The highest BCUT2D eigenvalue weighted by atomic mass is 32.2. The van der Waals surface area contributed by atoms with Crippen molar-refractivity contribution in [1.82, 2.24) is 14.5 Å². The van der Waals surface area contributed by atoms with Crippen LogP contribution in [-0.4, -0.2) is 35.2 Å². The third kappa shape index (κ3) is 5.89. The Labute approximate surface area is 181 Å². The van der Waals surface area contributed by atoms with Gasteiger partial charge in [0, 0.05) is 30.5 Å². The van der Waals surface area contributed by atoms with Crippen molar-refractivity contribution in [1.29, 1.82) is 0 Å². The quantitative estimate of drug-likeness (QED) is 0.406. The number of anilines is 1. The van der Waals surface area contributed by atoms with Crippen LogP contribution in [0.25, 0.3) is 5.69 Å². The van der Waals surface area contributed by atoms with Crippen molar-refractivity contribution in [3.05, 3.63) is 76.6 Å². The standard InChI is InChI=1S/C21H25N5O4S/c1-21(2,3)24-31(29,30)18-9-10-19(20(15-18)26(27)28)22-13-11-16-5-7-17(8-6-16)25-14-4-12-23-25/h4-10,12,14-15,22,24H,11,13H2,1-3H3. The van der Waals surface area contributed by atoms with Crippen LogP contribution in [0.4, 0.5) is 11.4 Å². The summed E-state index contributed by atoms with van der Waals surface area (Å²) in [7, 11) is -3.87. The summed E-state index contributed by atoms with van der Waals surface area (Å²) in [6.07, 6.45) is 4.21. The van der Waals surface area contributed by atoms with E-state index in [-0.39, 0.29) is 16.3 Å². The maximum absolute atomic E-state index is 12.5. The number of nitro groups is 1. The van der Waals surface area contributed by atoms with Gasteiger partial charge in [-0.2, -0.15) is 5.10 Å².